The molecule has 0 saturated heterocycles. The first kappa shape index (κ1) is 62.0. The summed E-state index contributed by atoms with van der Waals surface area (Å²) in [7, 11) is 0. The first-order chi connectivity index (χ1) is 44.2. The van der Waals surface area contributed by atoms with Gasteiger partial charge in [0.25, 0.3) is 0 Å². The van der Waals surface area contributed by atoms with Gasteiger partial charge >= 0.3 is 0 Å². The second-order valence-electron chi connectivity index (χ2n) is 24.3. The van der Waals surface area contributed by atoms with Crippen LogP contribution in [0.3, 0.4) is 0 Å². The van der Waals surface area contributed by atoms with E-state index in [1.807, 2.05) is 67.0 Å². The van der Waals surface area contributed by atoms with Crippen LogP contribution in [0.2, 0.25) is 0 Å². The molecule has 0 bridgehead atoms. The topological polar surface area (TPSA) is 98.5 Å². The SMILES string of the molecule is CCCCC1(CCCC)c2ccc(-c3[c-]c(N(c4ccccc4)c4cc5ccccc5cn4)ccc3)nc2-c2c(O)cccc21.CCCCC1(CCCC)c2ccc(-c3cccc(N(c4ccccc4)c4cc5ccccc5cn4)c3)nc2-c2c(O)cccc21.[Pt]. The number of anilines is 6. The molecule has 4 heterocycles. The van der Waals surface area contributed by atoms with Gasteiger partial charge in [0.2, 0.25) is 0 Å². The number of fused-ring (bicyclic) bond motifs is 8. The minimum absolute atomic E-state index is 0. The summed E-state index contributed by atoms with van der Waals surface area (Å²) in [5, 5.41) is 26.9. The van der Waals surface area contributed by atoms with E-state index >= 15 is 0 Å². The molecule has 2 aliphatic carbocycles. The largest absolute Gasteiger partial charge is 0.507 e. The maximum Gasteiger partial charge on any atom is 0.138 e. The molecular formula is C82H77N6O2Pt-. The number of unbranched alkanes of at least 4 members (excludes halogenated alkanes) is 4. The Morgan fingerprint density at radius 1 is 0.385 bits per heavy atom. The fourth-order valence-corrected chi connectivity index (χ4v) is 14.2. The van der Waals surface area contributed by atoms with Crippen molar-refractivity contribution in [3.05, 3.63) is 265 Å². The summed E-state index contributed by atoms with van der Waals surface area (Å²) in [4.78, 5) is 24.7. The molecule has 0 unspecified atom stereocenters. The minimum Gasteiger partial charge on any atom is -0.507 e. The Balaban J connectivity index is 0.000000174. The maximum absolute atomic E-state index is 11.2. The van der Waals surface area contributed by atoms with Gasteiger partial charge in [-0.2, -0.15) is 0 Å². The van der Waals surface area contributed by atoms with Crippen LogP contribution in [0.4, 0.5) is 34.4 Å². The van der Waals surface area contributed by atoms with Crippen LogP contribution in [0.25, 0.3) is 66.6 Å². The molecule has 8 aromatic carbocycles. The number of nitrogens with zero attached hydrogens (tertiary/aromatic N) is 6. The van der Waals surface area contributed by atoms with Gasteiger partial charge in [0, 0.05) is 88.8 Å². The Hall–Kier alpha value is -9.23. The molecule has 4 aromatic heterocycles. The maximum atomic E-state index is 11.2. The van der Waals surface area contributed by atoms with E-state index in [0.717, 1.165) is 178 Å². The number of aromatic hydroxyl groups is 2. The number of hydrogen-bond donors (Lipinski definition) is 2. The van der Waals surface area contributed by atoms with Crippen molar-refractivity contribution in [1.82, 2.24) is 19.9 Å². The molecule has 0 atom stereocenters. The summed E-state index contributed by atoms with van der Waals surface area (Å²) in [6.07, 6.45) is 17.2. The Morgan fingerprint density at radius 2 is 0.813 bits per heavy atom. The first-order valence-electron chi connectivity index (χ1n) is 32.5. The van der Waals surface area contributed by atoms with E-state index in [1.165, 1.54) is 22.3 Å². The van der Waals surface area contributed by atoms with Gasteiger partial charge in [0.15, 0.2) is 0 Å². The molecule has 8 nitrogen and oxygen atoms in total. The molecule has 0 spiro atoms. The van der Waals surface area contributed by atoms with Gasteiger partial charge in [0.05, 0.1) is 17.1 Å². The molecule has 14 rings (SSSR count). The van der Waals surface area contributed by atoms with Gasteiger partial charge in [-0.3, -0.25) is 9.88 Å². The van der Waals surface area contributed by atoms with E-state index in [0.29, 0.717) is 11.5 Å². The fraction of sp³-hybridized carbons (Fsp3) is 0.220. The van der Waals surface area contributed by atoms with Crippen LogP contribution >= 0.6 is 0 Å². The summed E-state index contributed by atoms with van der Waals surface area (Å²) in [5.74, 6) is 2.31. The number of hydrogen-bond acceptors (Lipinski definition) is 8. The first-order valence-corrected chi connectivity index (χ1v) is 32.5. The summed E-state index contributed by atoms with van der Waals surface area (Å²) >= 11 is 0. The Kier molecular flexibility index (Phi) is 18.7. The van der Waals surface area contributed by atoms with E-state index in [-0.39, 0.29) is 31.9 Å². The quantitative estimate of drug-likeness (QED) is 0.0729. The molecule has 458 valence electrons. The van der Waals surface area contributed by atoms with Crippen LogP contribution in [0.15, 0.2) is 237 Å². The van der Waals surface area contributed by atoms with Gasteiger partial charge in [-0.25, -0.2) is 15.0 Å². The molecule has 12 aromatic rings. The predicted octanol–water partition coefficient (Wildman–Crippen LogP) is 22.0. The number of rotatable bonds is 20. The molecular weight excluding hydrogens is 1300 g/mol. The zero-order valence-corrected chi connectivity index (χ0v) is 54.7. The third-order valence-electron chi connectivity index (χ3n) is 18.7. The molecule has 0 amide bonds. The molecule has 91 heavy (non-hydrogen) atoms. The van der Waals surface area contributed by atoms with Crippen molar-refractivity contribution >= 4 is 55.9 Å². The summed E-state index contributed by atoms with van der Waals surface area (Å²) < 4.78 is 0. The fourth-order valence-electron chi connectivity index (χ4n) is 14.2. The summed E-state index contributed by atoms with van der Waals surface area (Å²) in [6, 6.07) is 80.9. The van der Waals surface area contributed by atoms with E-state index in [2.05, 4.69) is 207 Å². The number of phenolic OH excluding ortho intramolecular Hbond substituents is 2. The monoisotopic (exact) mass is 1370 g/mol. The molecule has 9 heteroatoms. The van der Waals surface area contributed by atoms with Crippen LogP contribution in [-0.4, -0.2) is 30.1 Å². The van der Waals surface area contributed by atoms with Gasteiger partial charge in [-0.1, -0.05) is 219 Å². The second-order valence-corrected chi connectivity index (χ2v) is 24.3. The zero-order valence-electron chi connectivity index (χ0n) is 52.4. The van der Waals surface area contributed by atoms with Gasteiger partial charge in [0.1, 0.15) is 23.1 Å². The van der Waals surface area contributed by atoms with Crippen LogP contribution in [-0.2, 0) is 31.9 Å². The van der Waals surface area contributed by atoms with Crippen LogP contribution in [0.1, 0.15) is 127 Å². The zero-order chi connectivity index (χ0) is 61.6. The van der Waals surface area contributed by atoms with Crippen LogP contribution in [0.5, 0.6) is 11.5 Å². The average Bonchev–Trinajstić information content (AvgIpc) is 1.57. The number of para-hydroxylation sites is 2. The number of phenols is 2. The van der Waals surface area contributed by atoms with Crippen molar-refractivity contribution in [3.63, 3.8) is 0 Å². The van der Waals surface area contributed by atoms with E-state index in [4.69, 9.17) is 19.9 Å². The summed E-state index contributed by atoms with van der Waals surface area (Å²) in [5.41, 5.74) is 15.9. The molecule has 0 saturated carbocycles. The van der Waals surface area contributed by atoms with Crippen molar-refractivity contribution in [1.29, 1.82) is 0 Å². The van der Waals surface area contributed by atoms with E-state index in [9.17, 15) is 10.2 Å². The second kappa shape index (κ2) is 27.5. The smallest absolute Gasteiger partial charge is 0.138 e. The molecule has 2 N–H and O–H groups in total. The Morgan fingerprint density at radius 3 is 1.33 bits per heavy atom. The van der Waals surface area contributed by atoms with Crippen molar-refractivity contribution in [3.8, 4) is 56.5 Å². The Labute approximate surface area is 550 Å². The van der Waals surface area contributed by atoms with Gasteiger partial charge in [-0.15, -0.1) is 29.8 Å². The number of pyridine rings is 4. The summed E-state index contributed by atoms with van der Waals surface area (Å²) in [6.45, 7) is 9.02. The standard InChI is InChI=1S/C41H39N3O.C41H38N3O.Pt/c2*1-3-5-24-41(25-6-4-2)34-20-13-21-37(45)39(34)40-35(41)22-23-36(43-40)30-16-12-19-33(26-30)44(32-17-8-7-9-18-32)38-27-29-14-10-11-15-31(29)28-42-38;/h7-23,26-28,45H,3-6,24-25H2,1-2H3;7-23,27-28,45H,3-6,24-25H2,1-2H3;/q;-1;. The minimum atomic E-state index is -0.127. The van der Waals surface area contributed by atoms with E-state index in [1.54, 1.807) is 6.07 Å². The third kappa shape index (κ3) is 12.0. The van der Waals surface area contributed by atoms with E-state index < -0.39 is 0 Å². The van der Waals surface area contributed by atoms with Crippen LogP contribution in [0, 0.1) is 6.07 Å². The van der Waals surface area contributed by atoms with Crippen molar-refractivity contribution in [2.24, 2.45) is 0 Å². The molecule has 2 aliphatic rings. The van der Waals surface area contributed by atoms with Crippen molar-refractivity contribution in [2.45, 2.75) is 116 Å². The van der Waals surface area contributed by atoms with Crippen molar-refractivity contribution < 1.29 is 31.3 Å². The normalized spacial score (nSPS) is 12.9. The van der Waals surface area contributed by atoms with Crippen molar-refractivity contribution in [2.75, 3.05) is 9.80 Å². The predicted molar refractivity (Wildman–Crippen MR) is 372 cm³/mol. The molecule has 0 radical (unpaired) electrons. The number of benzene rings is 8. The third-order valence-corrected chi connectivity index (χ3v) is 18.7. The Bertz CT molecular complexity index is 4210. The van der Waals surface area contributed by atoms with Gasteiger partial charge < -0.3 is 15.1 Å². The number of aromatic nitrogens is 4. The van der Waals surface area contributed by atoms with Gasteiger partial charge in [-0.05, 0) is 137 Å². The van der Waals surface area contributed by atoms with Crippen LogP contribution < -0.4 is 9.80 Å². The molecule has 0 aliphatic heterocycles. The molecule has 0 fully saturated rings. The average molecular weight is 1370 g/mol.